The SMILES string of the molecule is C[C@H]1CN([C@@H](CN)c2ccc3c(c2)CCO3)C[C@H](C)O1. The molecule has 2 aliphatic rings. The molecule has 1 aromatic carbocycles. The third kappa shape index (κ3) is 2.68. The zero-order valence-corrected chi connectivity index (χ0v) is 12.3. The summed E-state index contributed by atoms with van der Waals surface area (Å²) in [5.41, 5.74) is 8.68. The Morgan fingerprint density at radius 1 is 1.30 bits per heavy atom. The van der Waals surface area contributed by atoms with Crippen molar-refractivity contribution in [3.05, 3.63) is 29.3 Å². The number of hydrogen-bond donors (Lipinski definition) is 1. The fraction of sp³-hybridized carbons (Fsp3) is 0.625. The van der Waals surface area contributed by atoms with Crippen LogP contribution in [-0.2, 0) is 11.2 Å². The van der Waals surface area contributed by atoms with E-state index in [1.807, 2.05) is 0 Å². The van der Waals surface area contributed by atoms with Crippen LogP contribution in [0.15, 0.2) is 18.2 Å². The minimum Gasteiger partial charge on any atom is -0.493 e. The summed E-state index contributed by atoms with van der Waals surface area (Å²) in [4.78, 5) is 2.45. The van der Waals surface area contributed by atoms with Gasteiger partial charge in [0, 0.05) is 32.1 Å². The van der Waals surface area contributed by atoms with Gasteiger partial charge in [-0.25, -0.2) is 0 Å². The van der Waals surface area contributed by atoms with Gasteiger partial charge in [0.1, 0.15) is 5.75 Å². The van der Waals surface area contributed by atoms with E-state index in [0.29, 0.717) is 6.54 Å². The van der Waals surface area contributed by atoms with Crippen LogP contribution in [0, 0.1) is 0 Å². The van der Waals surface area contributed by atoms with Crippen molar-refractivity contribution in [1.82, 2.24) is 4.90 Å². The standard InChI is InChI=1S/C16H24N2O2/c1-11-9-18(10-12(2)20-11)15(8-17)13-3-4-16-14(7-13)5-6-19-16/h3-4,7,11-12,15H,5-6,8-10,17H2,1-2H3/t11-,12-,15-/m0/s1. The van der Waals surface area contributed by atoms with Gasteiger partial charge >= 0.3 is 0 Å². The molecule has 0 unspecified atom stereocenters. The molecule has 0 radical (unpaired) electrons. The van der Waals surface area contributed by atoms with Gasteiger partial charge in [0.15, 0.2) is 0 Å². The van der Waals surface area contributed by atoms with Crippen molar-refractivity contribution in [1.29, 1.82) is 0 Å². The second-order valence-corrected chi connectivity index (χ2v) is 5.93. The number of ether oxygens (including phenoxy) is 2. The number of rotatable bonds is 3. The number of nitrogens with zero attached hydrogens (tertiary/aromatic N) is 1. The van der Waals surface area contributed by atoms with Gasteiger partial charge in [-0.2, -0.15) is 0 Å². The average Bonchev–Trinajstić information content (AvgIpc) is 2.86. The molecule has 4 nitrogen and oxygen atoms in total. The van der Waals surface area contributed by atoms with E-state index in [4.69, 9.17) is 15.2 Å². The van der Waals surface area contributed by atoms with E-state index in [1.165, 1.54) is 11.1 Å². The number of hydrogen-bond acceptors (Lipinski definition) is 4. The van der Waals surface area contributed by atoms with E-state index < -0.39 is 0 Å². The van der Waals surface area contributed by atoms with E-state index in [2.05, 4.69) is 36.9 Å². The number of fused-ring (bicyclic) bond motifs is 1. The van der Waals surface area contributed by atoms with E-state index in [9.17, 15) is 0 Å². The van der Waals surface area contributed by atoms with Crippen molar-refractivity contribution in [2.24, 2.45) is 5.73 Å². The molecule has 2 heterocycles. The van der Waals surface area contributed by atoms with Crippen molar-refractivity contribution in [3.63, 3.8) is 0 Å². The molecule has 2 N–H and O–H groups in total. The molecule has 0 saturated carbocycles. The minimum atomic E-state index is 0.269. The monoisotopic (exact) mass is 276 g/mol. The van der Waals surface area contributed by atoms with Crippen molar-refractivity contribution in [2.75, 3.05) is 26.2 Å². The summed E-state index contributed by atoms with van der Waals surface area (Å²) in [6.45, 7) is 7.59. The highest BCUT2D eigenvalue weighted by Crippen LogP contribution is 2.31. The lowest BCUT2D eigenvalue weighted by Gasteiger charge is -2.40. The molecule has 0 amide bonds. The van der Waals surface area contributed by atoms with Crippen LogP contribution in [0.1, 0.15) is 31.0 Å². The highest BCUT2D eigenvalue weighted by Gasteiger charge is 2.28. The predicted molar refractivity (Wildman–Crippen MR) is 79.0 cm³/mol. The van der Waals surface area contributed by atoms with Gasteiger partial charge in [0.2, 0.25) is 0 Å². The fourth-order valence-corrected chi connectivity index (χ4v) is 3.38. The Morgan fingerprint density at radius 2 is 2.05 bits per heavy atom. The highest BCUT2D eigenvalue weighted by atomic mass is 16.5. The second kappa shape index (κ2) is 5.72. The average molecular weight is 276 g/mol. The quantitative estimate of drug-likeness (QED) is 0.913. The van der Waals surface area contributed by atoms with Crippen LogP contribution in [0.5, 0.6) is 5.75 Å². The van der Waals surface area contributed by atoms with Gasteiger partial charge in [0.25, 0.3) is 0 Å². The molecule has 4 heteroatoms. The first kappa shape index (κ1) is 13.9. The second-order valence-electron chi connectivity index (χ2n) is 5.93. The van der Waals surface area contributed by atoms with Gasteiger partial charge < -0.3 is 15.2 Å². The Morgan fingerprint density at radius 3 is 2.75 bits per heavy atom. The normalized spacial score (nSPS) is 27.9. The molecule has 0 spiro atoms. The van der Waals surface area contributed by atoms with Gasteiger partial charge in [-0.1, -0.05) is 12.1 Å². The Hall–Kier alpha value is -1.10. The van der Waals surface area contributed by atoms with E-state index in [0.717, 1.165) is 31.9 Å². The van der Waals surface area contributed by atoms with E-state index >= 15 is 0 Å². The lowest BCUT2D eigenvalue weighted by atomic mass is 10.00. The zero-order valence-electron chi connectivity index (χ0n) is 12.3. The Labute approximate surface area is 120 Å². The predicted octanol–water partition coefficient (Wildman–Crippen LogP) is 1.73. The third-order valence-corrected chi connectivity index (χ3v) is 4.21. The van der Waals surface area contributed by atoms with Crippen LogP contribution >= 0.6 is 0 Å². The number of benzene rings is 1. The van der Waals surface area contributed by atoms with Crippen molar-refractivity contribution in [3.8, 4) is 5.75 Å². The van der Waals surface area contributed by atoms with Crippen LogP contribution < -0.4 is 10.5 Å². The Bertz CT molecular complexity index is 468. The summed E-state index contributed by atoms with van der Waals surface area (Å²) in [5.74, 6) is 1.04. The lowest BCUT2D eigenvalue weighted by Crippen LogP contribution is -2.48. The molecule has 1 aromatic rings. The summed E-state index contributed by atoms with van der Waals surface area (Å²) in [5, 5.41) is 0. The van der Waals surface area contributed by atoms with Crippen LogP contribution in [0.3, 0.4) is 0 Å². The first-order chi connectivity index (χ1) is 9.67. The smallest absolute Gasteiger partial charge is 0.122 e. The number of nitrogens with two attached hydrogens (primary N) is 1. The molecule has 3 atom stereocenters. The topological polar surface area (TPSA) is 47.7 Å². The van der Waals surface area contributed by atoms with E-state index in [-0.39, 0.29) is 18.2 Å². The first-order valence-corrected chi connectivity index (χ1v) is 7.52. The molecule has 2 aliphatic heterocycles. The molecule has 0 bridgehead atoms. The largest absolute Gasteiger partial charge is 0.493 e. The van der Waals surface area contributed by atoms with E-state index in [1.54, 1.807) is 0 Å². The Balaban J connectivity index is 1.82. The molecule has 3 rings (SSSR count). The molecule has 110 valence electrons. The summed E-state index contributed by atoms with van der Waals surface area (Å²) < 4.78 is 11.4. The van der Waals surface area contributed by atoms with Crippen molar-refractivity contribution in [2.45, 2.75) is 38.5 Å². The molecule has 0 aromatic heterocycles. The van der Waals surface area contributed by atoms with Crippen molar-refractivity contribution < 1.29 is 9.47 Å². The fourth-order valence-electron chi connectivity index (χ4n) is 3.38. The van der Waals surface area contributed by atoms with Gasteiger partial charge in [-0.05, 0) is 31.0 Å². The molecule has 1 fully saturated rings. The third-order valence-electron chi connectivity index (χ3n) is 4.21. The summed E-state index contributed by atoms with van der Waals surface area (Å²) in [7, 11) is 0. The molecular formula is C16H24N2O2. The van der Waals surface area contributed by atoms with Gasteiger partial charge in [-0.3, -0.25) is 4.90 Å². The zero-order chi connectivity index (χ0) is 14.1. The highest BCUT2D eigenvalue weighted by molar-refractivity contribution is 5.41. The van der Waals surface area contributed by atoms with Crippen LogP contribution in [0.25, 0.3) is 0 Å². The van der Waals surface area contributed by atoms with Crippen LogP contribution in [0.2, 0.25) is 0 Å². The maximum Gasteiger partial charge on any atom is 0.122 e. The number of morpholine rings is 1. The molecule has 0 aliphatic carbocycles. The van der Waals surface area contributed by atoms with Gasteiger partial charge in [0.05, 0.1) is 18.8 Å². The molecule has 20 heavy (non-hydrogen) atoms. The minimum absolute atomic E-state index is 0.269. The Kier molecular flexibility index (Phi) is 3.96. The van der Waals surface area contributed by atoms with Crippen LogP contribution in [0.4, 0.5) is 0 Å². The maximum atomic E-state index is 6.06. The van der Waals surface area contributed by atoms with Crippen LogP contribution in [-0.4, -0.2) is 43.3 Å². The molecule has 1 saturated heterocycles. The van der Waals surface area contributed by atoms with Gasteiger partial charge in [-0.15, -0.1) is 0 Å². The summed E-state index contributed by atoms with van der Waals surface area (Å²) >= 11 is 0. The summed E-state index contributed by atoms with van der Waals surface area (Å²) in [6.07, 6.45) is 1.55. The maximum absolute atomic E-state index is 6.06. The lowest BCUT2D eigenvalue weighted by molar-refractivity contribution is -0.0799. The first-order valence-electron chi connectivity index (χ1n) is 7.52. The summed E-state index contributed by atoms with van der Waals surface area (Å²) in [6, 6.07) is 6.79. The van der Waals surface area contributed by atoms with Crippen molar-refractivity contribution >= 4 is 0 Å². The molecular weight excluding hydrogens is 252 g/mol.